The minimum atomic E-state index is -1.92. The number of benzene rings is 3. The minimum Gasteiger partial charge on any atom is -0.508 e. The van der Waals surface area contributed by atoms with Gasteiger partial charge in [-0.05, 0) is 86.9 Å². The molecule has 5 aromatic rings. The molecular formula is C84H116N20O22S. The number of likely N-dealkylation sites (N-methyl/N-ethyl adjacent to an activating group) is 3. The summed E-state index contributed by atoms with van der Waals surface area (Å²) in [5.74, 6) is -19.5. The average Bonchev–Trinajstić information content (AvgIpc) is 1.68. The molecule has 3 fully saturated rings. The number of aliphatic carboxylic acids is 1. The Kier molecular flexibility index (Phi) is 36.9. The van der Waals surface area contributed by atoms with Crippen LogP contribution in [0.3, 0.4) is 0 Å². The Bertz CT molecular complexity index is 4840. The molecule has 0 aliphatic carbocycles. The van der Waals surface area contributed by atoms with Crippen molar-refractivity contribution in [2.24, 2.45) is 17.2 Å². The molecule has 3 aliphatic rings. The predicted molar refractivity (Wildman–Crippen MR) is 460 cm³/mol. The maximum Gasteiger partial charge on any atom is 0.305 e. The molecule has 3 aliphatic heterocycles. The zero-order valence-corrected chi connectivity index (χ0v) is 72.6. The number of unbranched alkanes of at least 4 members (excludes halogenated alkanes) is 2. The topological polar surface area (TPSA) is 634 Å². The number of aromatic hydroxyl groups is 1. The van der Waals surface area contributed by atoms with E-state index in [4.69, 9.17) is 17.2 Å². The lowest BCUT2D eigenvalue weighted by Crippen LogP contribution is -2.62. The van der Waals surface area contributed by atoms with Crippen LogP contribution in [0.15, 0.2) is 85.2 Å². The van der Waals surface area contributed by atoms with Crippen LogP contribution in [0.1, 0.15) is 121 Å². The Morgan fingerprint density at radius 3 is 1.66 bits per heavy atom. The highest BCUT2D eigenvalue weighted by molar-refractivity contribution is 8.00. The molecule has 8 rings (SSSR count). The van der Waals surface area contributed by atoms with Crippen molar-refractivity contribution in [3.63, 3.8) is 0 Å². The number of aliphatic hydroxyl groups excluding tert-OH is 2. The summed E-state index contributed by atoms with van der Waals surface area (Å²) >= 11 is 0.759. The second-order valence-electron chi connectivity index (χ2n) is 31.9. The minimum absolute atomic E-state index is 0.00123. The zero-order chi connectivity index (χ0) is 93.2. The van der Waals surface area contributed by atoms with E-state index in [1.807, 2.05) is 13.8 Å². The third-order valence-corrected chi connectivity index (χ3v) is 23.7. The smallest absolute Gasteiger partial charge is 0.305 e. The molecule has 3 saturated heterocycles. The first kappa shape index (κ1) is 99.7. The number of para-hydroxylation sites is 2. The SMILES string of the molecule is CCCCC1C(=O)N(C)C(CCCC)C(=O)NC(C)C(=O)NC(C(=O)NCC(N)=O)CSCC(=O)NC(Cc2ccc(O)cc2)C(=O)N(C)C(C)C(=O)NC(CC(=O)O)C(=O)N2CCCC2C(=O)NC(CN)C(=O)NC(CCC(N)=O)C(=O)N2CC(O)CC2C(=O)NC(Cc2c[nH]c3ccccc23)C(=O)NC(CO)C(=O)NC(Cc2c[nH]c3ccccc23)C(=O)N1C. The number of aromatic amines is 2. The van der Waals surface area contributed by atoms with E-state index < -0.39 is 261 Å². The van der Waals surface area contributed by atoms with Crippen LogP contribution in [0.4, 0.5) is 0 Å². The molecule has 0 radical (unpaired) electrons. The summed E-state index contributed by atoms with van der Waals surface area (Å²) in [6, 6.07) is -3.19. The van der Waals surface area contributed by atoms with Gasteiger partial charge in [-0.15, -0.1) is 11.8 Å². The Hall–Kier alpha value is -12.8. The first-order chi connectivity index (χ1) is 60.4. The van der Waals surface area contributed by atoms with Gasteiger partial charge in [-0.2, -0.15) is 0 Å². The van der Waals surface area contributed by atoms with Crippen LogP contribution in [0.5, 0.6) is 5.75 Å². The number of aliphatic hydroxyl groups is 2. The first-order valence-electron chi connectivity index (χ1n) is 42.0. The number of carboxylic acid groups (broad SMARTS) is 1. The van der Waals surface area contributed by atoms with Crippen LogP contribution in [-0.2, 0) is 106 Å². The summed E-state index contributed by atoms with van der Waals surface area (Å²) in [5.41, 5.74) is 19.6. The van der Waals surface area contributed by atoms with Crippen molar-refractivity contribution in [1.82, 2.24) is 87.6 Å². The Balaban J connectivity index is 1.16. The van der Waals surface area contributed by atoms with E-state index in [1.54, 1.807) is 60.9 Å². The number of hydrogen-bond acceptors (Lipinski definition) is 23. The fraction of sp³-hybridized carbons (Fsp3) is 0.524. The lowest BCUT2D eigenvalue weighted by molar-refractivity contribution is -0.149. The van der Waals surface area contributed by atoms with Gasteiger partial charge < -0.3 is 125 Å². The molecule has 43 heteroatoms. The van der Waals surface area contributed by atoms with E-state index in [-0.39, 0.29) is 57.2 Å². The van der Waals surface area contributed by atoms with Crippen molar-refractivity contribution < 1.29 is 107 Å². The van der Waals surface area contributed by atoms with Gasteiger partial charge in [-0.3, -0.25) is 86.3 Å². The van der Waals surface area contributed by atoms with Crippen LogP contribution < -0.4 is 70.4 Å². The van der Waals surface area contributed by atoms with Crippen LogP contribution in [0.2, 0.25) is 0 Å². The molecule has 15 unspecified atom stereocenters. The quantitative estimate of drug-likeness (QED) is 0.0311. The molecule has 17 amide bonds. The number of nitrogens with one attached hydrogen (secondary N) is 12. The van der Waals surface area contributed by atoms with Gasteiger partial charge in [-0.1, -0.05) is 88.1 Å². The van der Waals surface area contributed by atoms with Crippen molar-refractivity contribution in [3.05, 3.63) is 102 Å². The van der Waals surface area contributed by atoms with Crippen molar-refractivity contribution in [3.8, 4) is 5.75 Å². The maximum absolute atomic E-state index is 15.6. The number of hydrogen-bond donors (Lipinski definition) is 19. The van der Waals surface area contributed by atoms with Gasteiger partial charge >= 0.3 is 5.97 Å². The fourth-order valence-electron chi connectivity index (χ4n) is 15.4. The number of nitrogens with two attached hydrogens (primary N) is 3. The van der Waals surface area contributed by atoms with E-state index in [0.717, 1.165) is 36.3 Å². The molecule has 15 atom stereocenters. The van der Waals surface area contributed by atoms with Gasteiger partial charge in [0.05, 0.1) is 31.4 Å². The van der Waals surface area contributed by atoms with Gasteiger partial charge in [0.2, 0.25) is 100 Å². The molecule has 42 nitrogen and oxygen atoms in total. The highest BCUT2D eigenvalue weighted by atomic mass is 32.2. The number of primary amides is 2. The van der Waals surface area contributed by atoms with Crippen molar-refractivity contribution in [2.45, 2.75) is 215 Å². The molecule has 22 N–H and O–H groups in total. The molecule has 0 saturated carbocycles. The number of carboxylic acids is 1. The van der Waals surface area contributed by atoms with Gasteiger partial charge in [-0.25, -0.2) is 0 Å². The van der Waals surface area contributed by atoms with Gasteiger partial charge in [0, 0.05) is 113 Å². The largest absolute Gasteiger partial charge is 0.508 e. The Morgan fingerprint density at radius 1 is 0.535 bits per heavy atom. The van der Waals surface area contributed by atoms with Gasteiger partial charge in [0.15, 0.2) is 0 Å². The highest BCUT2D eigenvalue weighted by Crippen LogP contribution is 2.27. The van der Waals surface area contributed by atoms with E-state index in [0.29, 0.717) is 64.2 Å². The van der Waals surface area contributed by atoms with E-state index >= 15 is 28.8 Å². The summed E-state index contributed by atoms with van der Waals surface area (Å²) < 4.78 is 0. The fourth-order valence-corrected chi connectivity index (χ4v) is 16.2. The standard InChI is InChI=1S/C84H116N20O22S/c1-8-10-21-63-77(119)91-44(3)71(113)99-62(73(115)90-39-68(87)109)42-127-43-69(110)92-57(31-46-24-26-49(106)27-25-46)80(122)100(5)45(4)72(114)95-59(35-70(111)112)83(125)103-30-16-23-64(103)78(120)97-60(36-85)75(117)93-55(28-29-67(86)108)82(124)104-40-50(107)34-66(104)79(121)94-56(32-47-37-88-53-19-14-12-17-51(47)53)74(116)98-61(41-105)76(118)96-58(33-48-38-89-54-20-15-13-18-52(48)54)81(123)102(7)65(22-11-9-2)84(126)101(63)6/h12-15,17-20,24-27,37-38,44-45,50,55-66,88-89,105-107H,8-11,16,21-23,28-36,39-43,85H2,1-7H3,(H2,86,108)(H2,87,109)(H,90,115)(H,91,119)(H,92,110)(H,93,117)(H,94,121)(H,95,114)(H,96,118)(H,97,120)(H,98,116)(H,99,113)(H,111,112). The molecule has 690 valence electrons. The maximum atomic E-state index is 15.6. The van der Waals surface area contributed by atoms with Crippen LogP contribution >= 0.6 is 11.8 Å². The predicted octanol–water partition coefficient (Wildman–Crippen LogP) is -4.36. The number of carbonyl (C=O) groups is 18. The molecular weight excluding hydrogens is 1670 g/mol. The lowest BCUT2D eigenvalue weighted by Gasteiger charge is -2.36. The van der Waals surface area contributed by atoms with Crippen molar-refractivity contribution in [1.29, 1.82) is 0 Å². The molecule has 2 aromatic heterocycles. The number of thioether (sulfide) groups is 1. The molecule has 0 spiro atoms. The normalized spacial score (nSPS) is 25.6. The number of carbonyl (C=O) groups excluding carboxylic acids is 17. The van der Waals surface area contributed by atoms with E-state index in [9.17, 15) is 78.0 Å². The number of fused-ring (bicyclic) bond motifs is 4. The molecule has 0 bridgehead atoms. The monoisotopic (exact) mass is 1790 g/mol. The Labute approximate surface area is 735 Å². The number of nitrogens with zero attached hydrogens (tertiary/aromatic N) is 5. The van der Waals surface area contributed by atoms with Crippen molar-refractivity contribution in [2.75, 3.05) is 65.4 Å². The van der Waals surface area contributed by atoms with E-state index in [1.165, 1.54) is 59.3 Å². The third kappa shape index (κ3) is 27.1. The Morgan fingerprint density at radius 2 is 1.06 bits per heavy atom. The number of aromatic nitrogens is 2. The van der Waals surface area contributed by atoms with E-state index in [2.05, 4.69) is 63.1 Å². The number of phenols is 1. The summed E-state index contributed by atoms with van der Waals surface area (Å²) in [6.45, 7) is 2.88. The van der Waals surface area contributed by atoms with Crippen LogP contribution in [-0.4, -0.2) is 317 Å². The second-order valence-corrected chi connectivity index (χ2v) is 33.0. The summed E-state index contributed by atoms with van der Waals surface area (Å²) in [4.78, 5) is 269. The summed E-state index contributed by atoms with van der Waals surface area (Å²) in [6.07, 6.45) is -0.111. The third-order valence-electron chi connectivity index (χ3n) is 22.7. The molecule has 5 heterocycles. The van der Waals surface area contributed by atoms with Gasteiger partial charge in [0.25, 0.3) is 0 Å². The first-order valence-corrected chi connectivity index (χ1v) is 43.2. The number of amides is 17. The summed E-state index contributed by atoms with van der Waals surface area (Å²) in [5, 5.41) is 69.2. The molecule has 127 heavy (non-hydrogen) atoms. The van der Waals surface area contributed by atoms with Crippen molar-refractivity contribution >= 4 is 140 Å². The number of phenolic OH excluding ortho intramolecular Hbond substituents is 1. The van der Waals surface area contributed by atoms with Crippen LogP contribution in [0, 0.1) is 0 Å². The molecule has 3 aromatic carbocycles. The van der Waals surface area contributed by atoms with Gasteiger partial charge in [0.1, 0.15) is 90.3 Å². The average molecular weight is 1790 g/mol. The zero-order valence-electron chi connectivity index (χ0n) is 71.8. The number of H-pyrrole nitrogens is 2. The highest BCUT2D eigenvalue weighted by Gasteiger charge is 2.46. The number of rotatable bonds is 22. The summed E-state index contributed by atoms with van der Waals surface area (Å²) in [7, 11) is 3.84. The van der Waals surface area contributed by atoms with Crippen LogP contribution in [0.25, 0.3) is 21.8 Å². The second kappa shape index (κ2) is 47.0. The lowest BCUT2D eigenvalue weighted by atomic mass is 10.00.